The Labute approximate surface area is 105 Å². The Morgan fingerprint density at radius 2 is 1.72 bits per heavy atom. The van der Waals surface area contributed by atoms with Gasteiger partial charge < -0.3 is 4.74 Å². The molecule has 3 heteroatoms. The first-order valence-electron chi connectivity index (χ1n) is 5.50. The van der Waals surface area contributed by atoms with Crippen LogP contribution in [0.15, 0.2) is 54.6 Å². The quantitative estimate of drug-likeness (QED) is 0.470. The summed E-state index contributed by atoms with van der Waals surface area (Å²) in [5.74, 6) is -0.754. The highest BCUT2D eigenvalue weighted by Gasteiger charge is 2.03. The minimum absolute atomic E-state index is 0.217. The van der Waals surface area contributed by atoms with Crippen molar-refractivity contribution < 1.29 is 14.3 Å². The van der Waals surface area contributed by atoms with Crippen molar-refractivity contribution in [2.45, 2.75) is 0 Å². The number of allylic oxidation sites excluding steroid dienone is 1. The minimum Gasteiger partial charge on any atom is -0.466 e. The van der Waals surface area contributed by atoms with E-state index in [4.69, 9.17) is 0 Å². The van der Waals surface area contributed by atoms with Crippen molar-refractivity contribution in [2.75, 3.05) is 7.11 Å². The highest BCUT2D eigenvalue weighted by molar-refractivity contribution is 6.08. The van der Waals surface area contributed by atoms with Gasteiger partial charge in [0.1, 0.15) is 0 Å². The van der Waals surface area contributed by atoms with Crippen LogP contribution in [0.4, 0.5) is 0 Å². The molecule has 3 nitrogen and oxygen atoms in total. The van der Waals surface area contributed by atoms with Gasteiger partial charge in [0, 0.05) is 11.6 Å². The Kier molecular flexibility index (Phi) is 3.53. The molecule has 18 heavy (non-hydrogen) atoms. The van der Waals surface area contributed by atoms with E-state index in [1.807, 2.05) is 30.3 Å². The summed E-state index contributed by atoms with van der Waals surface area (Å²) < 4.78 is 4.43. The van der Waals surface area contributed by atoms with Crippen molar-refractivity contribution >= 4 is 22.5 Å². The van der Waals surface area contributed by atoms with Crippen LogP contribution in [0.3, 0.4) is 0 Å². The molecule has 0 aliphatic heterocycles. The van der Waals surface area contributed by atoms with Crippen LogP contribution in [0, 0.1) is 0 Å². The summed E-state index contributed by atoms with van der Waals surface area (Å²) in [6.07, 6.45) is 2.34. The lowest BCUT2D eigenvalue weighted by Crippen LogP contribution is -1.98. The molecule has 0 fully saturated rings. The number of methoxy groups -OCH3 is 1. The predicted molar refractivity (Wildman–Crippen MR) is 69.4 cm³/mol. The van der Waals surface area contributed by atoms with Crippen LogP contribution in [-0.4, -0.2) is 18.9 Å². The van der Waals surface area contributed by atoms with Crippen LogP contribution < -0.4 is 0 Å². The Balaban J connectivity index is 2.28. The van der Waals surface area contributed by atoms with Crippen molar-refractivity contribution in [3.05, 3.63) is 60.2 Å². The van der Waals surface area contributed by atoms with Crippen molar-refractivity contribution in [3.63, 3.8) is 0 Å². The van der Waals surface area contributed by atoms with Crippen LogP contribution in [-0.2, 0) is 9.53 Å². The largest absolute Gasteiger partial charge is 0.466 e. The molecule has 0 aliphatic carbocycles. The summed E-state index contributed by atoms with van der Waals surface area (Å²) in [6, 6.07) is 13.2. The molecule has 0 N–H and O–H groups in total. The lowest BCUT2D eigenvalue weighted by Gasteiger charge is -2.00. The highest BCUT2D eigenvalue weighted by Crippen LogP contribution is 2.16. The van der Waals surface area contributed by atoms with E-state index in [0.29, 0.717) is 5.56 Å². The summed E-state index contributed by atoms with van der Waals surface area (Å²) in [7, 11) is 1.27. The summed E-state index contributed by atoms with van der Waals surface area (Å²) in [6.45, 7) is 0. The third-order valence-electron chi connectivity index (χ3n) is 2.61. The molecule has 0 atom stereocenters. The second-order valence-electron chi connectivity index (χ2n) is 3.78. The summed E-state index contributed by atoms with van der Waals surface area (Å²) in [4.78, 5) is 22.7. The number of carbonyl (C=O) groups is 2. The van der Waals surface area contributed by atoms with Gasteiger partial charge in [0.25, 0.3) is 0 Å². The van der Waals surface area contributed by atoms with E-state index >= 15 is 0 Å². The smallest absolute Gasteiger partial charge is 0.330 e. The normalized spacial score (nSPS) is 10.7. The van der Waals surface area contributed by atoms with E-state index in [9.17, 15) is 9.59 Å². The van der Waals surface area contributed by atoms with E-state index in [0.717, 1.165) is 16.8 Å². The lowest BCUT2D eigenvalue weighted by atomic mass is 10.0. The minimum atomic E-state index is -0.538. The van der Waals surface area contributed by atoms with Gasteiger partial charge in [-0.15, -0.1) is 0 Å². The SMILES string of the molecule is COC(=O)C=CC(=O)c1ccc2ccccc2c1. The summed E-state index contributed by atoms with van der Waals surface area (Å²) in [5.41, 5.74) is 0.550. The lowest BCUT2D eigenvalue weighted by molar-refractivity contribution is -0.134. The molecule has 0 saturated carbocycles. The number of esters is 1. The van der Waals surface area contributed by atoms with E-state index in [1.54, 1.807) is 12.1 Å². The predicted octanol–water partition coefficient (Wildman–Crippen LogP) is 2.75. The molecule has 0 aromatic heterocycles. The molecule has 0 unspecified atom stereocenters. The Morgan fingerprint density at radius 3 is 2.44 bits per heavy atom. The van der Waals surface area contributed by atoms with Gasteiger partial charge in [-0.3, -0.25) is 4.79 Å². The standard InChI is InChI=1S/C15H12O3/c1-18-15(17)9-8-14(16)13-7-6-11-4-2-3-5-12(11)10-13/h2-10H,1H3. The Bertz CT molecular complexity index is 626. The number of fused-ring (bicyclic) bond motifs is 1. The van der Waals surface area contributed by atoms with Gasteiger partial charge in [-0.25, -0.2) is 4.79 Å². The van der Waals surface area contributed by atoms with Gasteiger partial charge in [0.2, 0.25) is 0 Å². The first-order chi connectivity index (χ1) is 8.70. The second kappa shape index (κ2) is 5.27. The maximum atomic E-state index is 11.8. The fourth-order valence-electron chi connectivity index (χ4n) is 1.65. The maximum absolute atomic E-state index is 11.8. The molecule has 90 valence electrons. The molecule has 0 bridgehead atoms. The zero-order chi connectivity index (χ0) is 13.0. The van der Waals surface area contributed by atoms with E-state index in [1.165, 1.54) is 13.2 Å². The van der Waals surface area contributed by atoms with Gasteiger partial charge in [-0.1, -0.05) is 36.4 Å². The second-order valence-corrected chi connectivity index (χ2v) is 3.78. The monoisotopic (exact) mass is 240 g/mol. The molecule has 0 amide bonds. The topological polar surface area (TPSA) is 43.4 Å². The first kappa shape index (κ1) is 12.0. The number of hydrogen-bond donors (Lipinski definition) is 0. The number of rotatable bonds is 3. The fourth-order valence-corrected chi connectivity index (χ4v) is 1.65. The molecule has 0 aliphatic rings. The van der Waals surface area contributed by atoms with Gasteiger partial charge in [-0.05, 0) is 22.9 Å². The molecule has 0 saturated heterocycles. The maximum Gasteiger partial charge on any atom is 0.330 e. The number of ketones is 1. The highest BCUT2D eigenvalue weighted by atomic mass is 16.5. The number of carbonyl (C=O) groups excluding carboxylic acids is 2. The first-order valence-corrected chi connectivity index (χ1v) is 5.50. The average molecular weight is 240 g/mol. The molecule has 2 aromatic rings. The van der Waals surface area contributed by atoms with Crippen molar-refractivity contribution in [1.82, 2.24) is 0 Å². The van der Waals surface area contributed by atoms with Crippen LogP contribution in [0.1, 0.15) is 10.4 Å². The third kappa shape index (κ3) is 2.63. The fraction of sp³-hybridized carbons (Fsp3) is 0.0667. The van der Waals surface area contributed by atoms with E-state index in [2.05, 4.69) is 4.74 Å². The zero-order valence-electron chi connectivity index (χ0n) is 9.92. The third-order valence-corrected chi connectivity index (χ3v) is 2.61. The summed E-state index contributed by atoms with van der Waals surface area (Å²) >= 11 is 0. The van der Waals surface area contributed by atoms with Crippen LogP contribution in [0.5, 0.6) is 0 Å². The molecule has 2 rings (SSSR count). The molecule has 2 aromatic carbocycles. The Morgan fingerprint density at radius 1 is 1.00 bits per heavy atom. The van der Waals surface area contributed by atoms with Crippen LogP contribution in [0.25, 0.3) is 10.8 Å². The molecular formula is C15H12O3. The zero-order valence-corrected chi connectivity index (χ0v) is 9.92. The van der Waals surface area contributed by atoms with Crippen molar-refractivity contribution in [2.24, 2.45) is 0 Å². The molecule has 0 radical (unpaired) electrons. The molecular weight excluding hydrogens is 228 g/mol. The average Bonchev–Trinajstić information content (AvgIpc) is 2.43. The number of hydrogen-bond acceptors (Lipinski definition) is 3. The summed E-state index contributed by atoms with van der Waals surface area (Å²) in [5, 5.41) is 2.07. The van der Waals surface area contributed by atoms with Crippen molar-refractivity contribution in [1.29, 1.82) is 0 Å². The Hall–Kier alpha value is -2.42. The number of ether oxygens (including phenoxy) is 1. The van der Waals surface area contributed by atoms with Gasteiger partial charge in [-0.2, -0.15) is 0 Å². The van der Waals surface area contributed by atoms with Crippen LogP contribution in [0.2, 0.25) is 0 Å². The van der Waals surface area contributed by atoms with Crippen molar-refractivity contribution in [3.8, 4) is 0 Å². The van der Waals surface area contributed by atoms with Crippen LogP contribution >= 0.6 is 0 Å². The van der Waals surface area contributed by atoms with Gasteiger partial charge >= 0.3 is 5.97 Å². The van der Waals surface area contributed by atoms with Gasteiger partial charge in [0.15, 0.2) is 5.78 Å². The van der Waals surface area contributed by atoms with Gasteiger partial charge in [0.05, 0.1) is 7.11 Å². The van der Waals surface area contributed by atoms with E-state index in [-0.39, 0.29) is 5.78 Å². The molecule has 0 spiro atoms. The molecule has 0 heterocycles. The van der Waals surface area contributed by atoms with E-state index < -0.39 is 5.97 Å². The number of benzene rings is 2.